The average molecular weight is 281 g/mol. The minimum atomic E-state index is -3.55. The van der Waals surface area contributed by atoms with E-state index in [0.717, 1.165) is 25.7 Å². The number of nitrogens with one attached hydrogen (secondary N) is 1. The largest absolute Gasteiger partial charge is 0.295 e. The van der Waals surface area contributed by atoms with E-state index in [1.807, 2.05) is 6.92 Å². The zero-order valence-corrected chi connectivity index (χ0v) is 12.1. The van der Waals surface area contributed by atoms with Gasteiger partial charge < -0.3 is 0 Å². The van der Waals surface area contributed by atoms with E-state index in [4.69, 9.17) is 0 Å². The molecule has 1 aromatic carbocycles. The highest BCUT2D eigenvalue weighted by atomic mass is 32.2. The Morgan fingerprint density at radius 2 is 2.05 bits per heavy atom. The maximum absolute atomic E-state index is 12.4. The van der Waals surface area contributed by atoms with Gasteiger partial charge in [-0.2, -0.15) is 0 Å². The van der Waals surface area contributed by atoms with Gasteiger partial charge in [-0.05, 0) is 44.7 Å². The topological polar surface area (TPSA) is 63.2 Å². The van der Waals surface area contributed by atoms with Crippen molar-refractivity contribution in [1.29, 1.82) is 0 Å². The van der Waals surface area contributed by atoms with Crippen LogP contribution in [0.25, 0.3) is 0 Å². The highest BCUT2D eigenvalue weighted by molar-refractivity contribution is 7.89. The fourth-order valence-corrected chi connectivity index (χ4v) is 3.93. The number of carbonyl (C=O) groups is 1. The van der Waals surface area contributed by atoms with Crippen LogP contribution in [0.1, 0.15) is 49.9 Å². The molecular formula is C14H19NO3S. The van der Waals surface area contributed by atoms with Gasteiger partial charge in [-0.3, -0.25) is 4.79 Å². The molecule has 0 heterocycles. The van der Waals surface area contributed by atoms with Gasteiger partial charge in [-0.1, -0.05) is 19.1 Å². The molecule has 0 amide bonds. The monoisotopic (exact) mass is 281 g/mol. The first-order valence-corrected chi connectivity index (χ1v) is 8.02. The normalized spacial score (nSPS) is 17.8. The van der Waals surface area contributed by atoms with E-state index < -0.39 is 10.0 Å². The van der Waals surface area contributed by atoms with Gasteiger partial charge in [-0.15, -0.1) is 0 Å². The number of benzene rings is 1. The Hall–Kier alpha value is -1.20. The smallest absolute Gasteiger partial charge is 0.241 e. The van der Waals surface area contributed by atoms with Crippen molar-refractivity contribution in [3.05, 3.63) is 29.8 Å². The molecule has 104 valence electrons. The van der Waals surface area contributed by atoms with E-state index in [1.165, 1.54) is 19.1 Å². The summed E-state index contributed by atoms with van der Waals surface area (Å²) in [7, 11) is -3.55. The van der Waals surface area contributed by atoms with Crippen LogP contribution in [0.5, 0.6) is 0 Å². The molecule has 0 atom stereocenters. The third-order valence-electron chi connectivity index (χ3n) is 3.89. The van der Waals surface area contributed by atoms with Crippen LogP contribution in [0.4, 0.5) is 0 Å². The van der Waals surface area contributed by atoms with Crippen LogP contribution in [0.2, 0.25) is 0 Å². The van der Waals surface area contributed by atoms with E-state index in [-0.39, 0.29) is 16.2 Å². The van der Waals surface area contributed by atoms with Gasteiger partial charge in [0.25, 0.3) is 0 Å². The Balaban J connectivity index is 2.29. The molecule has 19 heavy (non-hydrogen) atoms. The minimum Gasteiger partial charge on any atom is -0.295 e. The predicted molar refractivity (Wildman–Crippen MR) is 73.6 cm³/mol. The molecule has 2 rings (SSSR count). The van der Waals surface area contributed by atoms with Crippen LogP contribution >= 0.6 is 0 Å². The standard InChI is InChI=1S/C14H19NO3S/c1-3-14(8-5-9-14)15-19(17,18)13-7-4-6-12(10-13)11(2)16/h4,6-7,10,15H,3,5,8-9H2,1-2H3. The van der Waals surface area contributed by atoms with Crippen LogP contribution in [0, 0.1) is 0 Å². The van der Waals surface area contributed by atoms with Crippen molar-refractivity contribution in [2.24, 2.45) is 0 Å². The Bertz CT molecular complexity index is 583. The number of rotatable bonds is 5. The van der Waals surface area contributed by atoms with Crippen molar-refractivity contribution in [3.63, 3.8) is 0 Å². The molecule has 0 unspecified atom stereocenters. The number of sulfonamides is 1. The van der Waals surface area contributed by atoms with Gasteiger partial charge >= 0.3 is 0 Å². The lowest BCUT2D eigenvalue weighted by Crippen LogP contribution is -2.52. The highest BCUT2D eigenvalue weighted by Gasteiger charge is 2.39. The van der Waals surface area contributed by atoms with E-state index in [1.54, 1.807) is 12.1 Å². The summed E-state index contributed by atoms with van der Waals surface area (Å²) in [5.74, 6) is -0.133. The molecule has 1 aliphatic rings. The van der Waals surface area contributed by atoms with Crippen molar-refractivity contribution >= 4 is 15.8 Å². The summed E-state index contributed by atoms with van der Waals surface area (Å²) in [6, 6.07) is 6.19. The second-order valence-corrected chi connectivity index (χ2v) is 6.86. The second-order valence-electron chi connectivity index (χ2n) is 5.18. The summed E-state index contributed by atoms with van der Waals surface area (Å²) in [4.78, 5) is 11.5. The number of Topliss-reactive ketones (excluding diaryl/α,β-unsaturated/α-hetero) is 1. The molecule has 1 saturated carbocycles. The number of hydrogen-bond donors (Lipinski definition) is 1. The molecule has 0 spiro atoms. The van der Waals surface area contributed by atoms with Crippen LogP contribution in [0.3, 0.4) is 0 Å². The van der Waals surface area contributed by atoms with Gasteiger partial charge in [0, 0.05) is 11.1 Å². The van der Waals surface area contributed by atoms with Crippen LogP contribution in [-0.4, -0.2) is 19.7 Å². The summed E-state index contributed by atoms with van der Waals surface area (Å²) in [5, 5.41) is 0. The lowest BCUT2D eigenvalue weighted by molar-refractivity contribution is 0.101. The zero-order valence-electron chi connectivity index (χ0n) is 11.3. The first kappa shape index (κ1) is 14.2. The summed E-state index contributed by atoms with van der Waals surface area (Å²) in [6.45, 7) is 3.42. The predicted octanol–water partition coefficient (Wildman–Crippen LogP) is 2.50. The molecule has 0 aromatic heterocycles. The molecule has 1 fully saturated rings. The maximum atomic E-state index is 12.4. The highest BCUT2D eigenvalue weighted by Crippen LogP contribution is 2.36. The molecule has 0 radical (unpaired) electrons. The fourth-order valence-electron chi connectivity index (χ4n) is 2.36. The van der Waals surface area contributed by atoms with Crippen molar-refractivity contribution in [2.75, 3.05) is 0 Å². The van der Waals surface area contributed by atoms with Gasteiger partial charge in [0.1, 0.15) is 0 Å². The van der Waals surface area contributed by atoms with Crippen LogP contribution < -0.4 is 4.72 Å². The van der Waals surface area contributed by atoms with Gasteiger partial charge in [-0.25, -0.2) is 13.1 Å². The molecule has 0 saturated heterocycles. The Morgan fingerprint density at radius 1 is 1.37 bits per heavy atom. The number of carbonyl (C=O) groups excluding carboxylic acids is 1. The van der Waals surface area contributed by atoms with Crippen molar-refractivity contribution < 1.29 is 13.2 Å². The first-order chi connectivity index (χ1) is 8.88. The number of ketones is 1. The summed E-state index contributed by atoms with van der Waals surface area (Å²) >= 11 is 0. The van der Waals surface area contributed by atoms with Crippen molar-refractivity contribution in [1.82, 2.24) is 4.72 Å². The summed E-state index contributed by atoms with van der Waals surface area (Å²) < 4.78 is 27.5. The Kier molecular flexibility index (Phi) is 3.78. The lowest BCUT2D eigenvalue weighted by Gasteiger charge is -2.41. The van der Waals surface area contributed by atoms with Crippen molar-refractivity contribution in [3.8, 4) is 0 Å². The molecule has 0 bridgehead atoms. The van der Waals surface area contributed by atoms with E-state index in [2.05, 4.69) is 4.72 Å². The van der Waals surface area contributed by atoms with Crippen molar-refractivity contribution in [2.45, 2.75) is 50.0 Å². The van der Waals surface area contributed by atoms with Gasteiger partial charge in [0.15, 0.2) is 5.78 Å². The third-order valence-corrected chi connectivity index (χ3v) is 5.47. The fraction of sp³-hybridized carbons (Fsp3) is 0.500. The molecule has 4 nitrogen and oxygen atoms in total. The first-order valence-electron chi connectivity index (χ1n) is 6.53. The second kappa shape index (κ2) is 5.06. The molecule has 1 aromatic rings. The average Bonchev–Trinajstić information content (AvgIpc) is 2.34. The van der Waals surface area contributed by atoms with Crippen LogP contribution in [0.15, 0.2) is 29.2 Å². The lowest BCUT2D eigenvalue weighted by atomic mass is 9.76. The Morgan fingerprint density at radius 3 is 2.53 bits per heavy atom. The van der Waals surface area contributed by atoms with E-state index in [9.17, 15) is 13.2 Å². The SMILES string of the molecule is CCC1(NS(=O)(=O)c2cccc(C(C)=O)c2)CCC1. The molecular weight excluding hydrogens is 262 g/mol. The molecule has 5 heteroatoms. The third kappa shape index (κ3) is 2.87. The molecule has 0 aliphatic heterocycles. The van der Waals surface area contributed by atoms with E-state index in [0.29, 0.717) is 5.56 Å². The van der Waals surface area contributed by atoms with Gasteiger partial charge in [0.2, 0.25) is 10.0 Å². The minimum absolute atomic E-state index is 0.133. The maximum Gasteiger partial charge on any atom is 0.241 e. The molecule has 1 N–H and O–H groups in total. The molecule has 1 aliphatic carbocycles. The van der Waals surface area contributed by atoms with Crippen LogP contribution in [-0.2, 0) is 10.0 Å². The summed E-state index contributed by atoms with van der Waals surface area (Å²) in [6.07, 6.45) is 3.62. The van der Waals surface area contributed by atoms with Gasteiger partial charge in [0.05, 0.1) is 4.90 Å². The quantitative estimate of drug-likeness (QED) is 0.843. The zero-order chi connectivity index (χ0) is 14.1. The summed E-state index contributed by atoms with van der Waals surface area (Å²) in [5.41, 5.74) is 0.132. The Labute approximate surface area is 114 Å². The number of hydrogen-bond acceptors (Lipinski definition) is 3. The van der Waals surface area contributed by atoms with E-state index >= 15 is 0 Å².